The van der Waals surface area contributed by atoms with Gasteiger partial charge in [0.25, 0.3) is 5.56 Å². The average Bonchev–Trinajstić information content (AvgIpc) is 2.62. The molecule has 0 aliphatic heterocycles. The molecular weight excluding hydrogens is 429 g/mol. The summed E-state index contributed by atoms with van der Waals surface area (Å²) in [5.41, 5.74) is 3.62. The number of aromatic nitrogens is 1. The van der Waals surface area contributed by atoms with Crippen LogP contribution in [-0.4, -0.2) is 17.6 Å². The van der Waals surface area contributed by atoms with Crippen LogP contribution >= 0.6 is 15.9 Å². The lowest BCUT2D eigenvalue weighted by molar-refractivity contribution is -0.137. The number of pyridine rings is 1. The van der Waals surface area contributed by atoms with Crippen LogP contribution in [0.25, 0.3) is 16.6 Å². The quantitative estimate of drug-likeness (QED) is 0.607. The smallest absolute Gasteiger partial charge is 0.416 e. The van der Waals surface area contributed by atoms with Gasteiger partial charge >= 0.3 is 12.1 Å². The molecule has 0 saturated heterocycles. The largest absolute Gasteiger partial charge is 0.465 e. The summed E-state index contributed by atoms with van der Waals surface area (Å²) in [4.78, 5) is 25.1. The lowest BCUT2D eigenvalue weighted by Crippen LogP contribution is -2.28. The van der Waals surface area contributed by atoms with Crippen molar-refractivity contribution in [2.75, 3.05) is 12.8 Å². The minimum absolute atomic E-state index is 0.0770. The Morgan fingerprint density at radius 3 is 2.44 bits per heavy atom. The first-order valence-electron chi connectivity index (χ1n) is 7.55. The van der Waals surface area contributed by atoms with Gasteiger partial charge in [0.05, 0.1) is 29.6 Å². The molecule has 0 fully saturated rings. The molecule has 140 valence electrons. The van der Waals surface area contributed by atoms with Gasteiger partial charge in [0.15, 0.2) is 0 Å². The normalized spacial score (nSPS) is 11.6. The van der Waals surface area contributed by atoms with Gasteiger partial charge in [-0.05, 0) is 40.2 Å². The number of carbonyl (C=O) groups is 1. The number of nitrogens with zero attached hydrogens (tertiary/aromatic N) is 1. The molecule has 27 heavy (non-hydrogen) atoms. The number of methoxy groups -OCH3 is 1. The second-order valence-corrected chi connectivity index (χ2v) is 6.46. The number of alkyl halides is 3. The van der Waals surface area contributed by atoms with E-state index in [9.17, 15) is 22.8 Å². The molecular formula is C18H12BrF3N2O3. The van der Waals surface area contributed by atoms with E-state index in [2.05, 4.69) is 20.7 Å². The van der Waals surface area contributed by atoms with Crippen LogP contribution in [0, 0.1) is 0 Å². The first-order valence-corrected chi connectivity index (χ1v) is 8.34. The van der Waals surface area contributed by atoms with Gasteiger partial charge in [-0.1, -0.05) is 18.2 Å². The maximum Gasteiger partial charge on any atom is 0.416 e. The molecule has 3 rings (SSSR count). The summed E-state index contributed by atoms with van der Waals surface area (Å²) in [5, 5.41) is 0.124. The number of ether oxygens (including phenoxy) is 1. The standard InChI is InChI=1S/C18H12BrF3N2O3/c1-27-17(26)14-15(23)10-7-6-9(18(20,21)22)8-13(10)24(16(14)25)12-5-3-2-4-11(12)19/h2-8H,23H2,1H3. The Morgan fingerprint density at radius 1 is 1.19 bits per heavy atom. The number of para-hydroxylation sites is 1. The highest BCUT2D eigenvalue weighted by Gasteiger charge is 2.32. The number of hydrogen-bond donors (Lipinski definition) is 1. The molecule has 0 bridgehead atoms. The number of hydrogen-bond acceptors (Lipinski definition) is 4. The van der Waals surface area contributed by atoms with E-state index in [1.807, 2.05) is 0 Å². The third-order valence-electron chi connectivity index (χ3n) is 4.03. The van der Waals surface area contributed by atoms with E-state index in [1.54, 1.807) is 18.2 Å². The fraction of sp³-hybridized carbons (Fsp3) is 0.111. The summed E-state index contributed by atoms with van der Waals surface area (Å²) >= 11 is 3.28. The molecule has 0 aliphatic rings. The molecule has 2 aromatic carbocycles. The molecule has 0 saturated carbocycles. The van der Waals surface area contributed by atoms with Crippen LogP contribution in [0.2, 0.25) is 0 Å². The third kappa shape index (κ3) is 3.18. The highest BCUT2D eigenvalue weighted by molar-refractivity contribution is 9.10. The third-order valence-corrected chi connectivity index (χ3v) is 4.70. The molecule has 0 radical (unpaired) electrons. The minimum Gasteiger partial charge on any atom is -0.465 e. The van der Waals surface area contributed by atoms with Crippen molar-refractivity contribution in [2.24, 2.45) is 0 Å². The average molecular weight is 441 g/mol. The topological polar surface area (TPSA) is 74.3 Å². The number of anilines is 1. The molecule has 2 N–H and O–H groups in total. The van der Waals surface area contributed by atoms with E-state index >= 15 is 0 Å². The highest BCUT2D eigenvalue weighted by atomic mass is 79.9. The van der Waals surface area contributed by atoms with Crippen LogP contribution in [0.1, 0.15) is 15.9 Å². The number of nitrogens with two attached hydrogens (primary N) is 1. The summed E-state index contributed by atoms with van der Waals surface area (Å²) in [6, 6.07) is 9.24. The Kier molecular flexibility index (Phi) is 4.73. The lowest BCUT2D eigenvalue weighted by Gasteiger charge is -2.17. The van der Waals surface area contributed by atoms with Crippen LogP contribution in [0.3, 0.4) is 0 Å². The molecule has 0 aliphatic carbocycles. The molecule has 0 spiro atoms. The molecule has 1 aromatic heterocycles. The number of esters is 1. The van der Waals surface area contributed by atoms with E-state index in [4.69, 9.17) is 5.73 Å². The van der Waals surface area contributed by atoms with Gasteiger partial charge in [0, 0.05) is 9.86 Å². The van der Waals surface area contributed by atoms with Crippen LogP contribution < -0.4 is 11.3 Å². The second kappa shape index (κ2) is 6.73. The number of halogens is 4. The number of benzene rings is 2. The summed E-state index contributed by atoms with van der Waals surface area (Å²) in [6.45, 7) is 0. The fourth-order valence-electron chi connectivity index (χ4n) is 2.76. The van der Waals surface area contributed by atoms with Gasteiger partial charge in [-0.3, -0.25) is 9.36 Å². The predicted molar refractivity (Wildman–Crippen MR) is 98.0 cm³/mol. The Hall–Kier alpha value is -2.81. The van der Waals surface area contributed by atoms with Crippen molar-refractivity contribution < 1.29 is 22.7 Å². The Labute approximate surface area is 159 Å². The van der Waals surface area contributed by atoms with Crippen molar-refractivity contribution in [3.63, 3.8) is 0 Å². The predicted octanol–water partition coefficient (Wildman–Crippen LogP) is 4.14. The first-order chi connectivity index (χ1) is 12.7. The van der Waals surface area contributed by atoms with Crippen LogP contribution in [0.4, 0.5) is 18.9 Å². The number of nitrogen functional groups attached to an aromatic ring is 1. The minimum atomic E-state index is -4.61. The Bertz CT molecular complexity index is 1120. The van der Waals surface area contributed by atoms with Gasteiger partial charge in [-0.2, -0.15) is 13.2 Å². The molecule has 3 aromatic rings. The van der Waals surface area contributed by atoms with Crippen molar-refractivity contribution in [3.8, 4) is 5.69 Å². The van der Waals surface area contributed by atoms with Crippen molar-refractivity contribution in [1.29, 1.82) is 0 Å². The van der Waals surface area contributed by atoms with Crippen LogP contribution in [0.5, 0.6) is 0 Å². The zero-order valence-corrected chi connectivity index (χ0v) is 15.4. The van der Waals surface area contributed by atoms with Crippen LogP contribution in [-0.2, 0) is 10.9 Å². The summed E-state index contributed by atoms with van der Waals surface area (Å²) in [7, 11) is 1.08. The fourth-order valence-corrected chi connectivity index (χ4v) is 3.23. The van der Waals surface area contributed by atoms with Crippen molar-refractivity contribution in [1.82, 2.24) is 4.57 Å². The van der Waals surface area contributed by atoms with Crippen molar-refractivity contribution >= 4 is 38.5 Å². The van der Waals surface area contributed by atoms with Gasteiger partial charge in [0.2, 0.25) is 0 Å². The van der Waals surface area contributed by atoms with E-state index < -0.39 is 28.8 Å². The lowest BCUT2D eigenvalue weighted by atomic mass is 10.1. The van der Waals surface area contributed by atoms with Gasteiger partial charge < -0.3 is 10.5 Å². The highest BCUT2D eigenvalue weighted by Crippen LogP contribution is 2.34. The van der Waals surface area contributed by atoms with Gasteiger partial charge in [-0.25, -0.2) is 4.79 Å². The number of fused-ring (bicyclic) bond motifs is 1. The number of rotatable bonds is 2. The van der Waals surface area contributed by atoms with E-state index in [1.165, 1.54) is 6.07 Å². The maximum absolute atomic E-state index is 13.2. The zero-order valence-electron chi connectivity index (χ0n) is 13.8. The number of carbonyl (C=O) groups excluding carboxylic acids is 1. The van der Waals surface area contributed by atoms with E-state index in [0.29, 0.717) is 4.47 Å². The van der Waals surface area contributed by atoms with Crippen molar-refractivity contribution in [3.05, 3.63) is 68.4 Å². The zero-order chi connectivity index (χ0) is 19.9. The second-order valence-electron chi connectivity index (χ2n) is 5.60. The van der Waals surface area contributed by atoms with Gasteiger partial charge in [-0.15, -0.1) is 0 Å². The summed E-state index contributed by atoms with van der Waals surface area (Å²) < 4.78 is 45.7. The molecule has 0 unspecified atom stereocenters. The van der Waals surface area contributed by atoms with Crippen molar-refractivity contribution in [2.45, 2.75) is 6.18 Å². The van der Waals surface area contributed by atoms with E-state index in [-0.39, 0.29) is 22.3 Å². The Balaban J connectivity index is 2.55. The van der Waals surface area contributed by atoms with Gasteiger partial charge in [0.1, 0.15) is 5.56 Å². The summed E-state index contributed by atoms with van der Waals surface area (Å²) in [6.07, 6.45) is -4.61. The molecule has 1 heterocycles. The van der Waals surface area contributed by atoms with Crippen LogP contribution in [0.15, 0.2) is 51.7 Å². The molecule has 0 amide bonds. The molecule has 9 heteroatoms. The van der Waals surface area contributed by atoms with E-state index in [0.717, 1.165) is 29.9 Å². The maximum atomic E-state index is 13.2. The SMILES string of the molecule is COC(=O)c1c(N)c2ccc(C(F)(F)F)cc2n(-c2ccccc2Br)c1=O. The summed E-state index contributed by atoms with van der Waals surface area (Å²) in [5.74, 6) is -0.972. The first kappa shape index (κ1) is 19.0. The molecule has 0 atom stereocenters. The monoisotopic (exact) mass is 440 g/mol. The molecule has 5 nitrogen and oxygen atoms in total. The Morgan fingerprint density at radius 2 is 1.85 bits per heavy atom.